The molecule has 0 aromatic carbocycles. The minimum absolute atomic E-state index is 0.897. The summed E-state index contributed by atoms with van der Waals surface area (Å²) in [4.78, 5) is 0. The monoisotopic (exact) mass is 193 g/mol. The maximum Gasteiger partial charge on any atom is 0.148 e. The molecule has 2 aromatic rings. The molecule has 0 amide bonds. The van der Waals surface area contributed by atoms with Crippen LogP contribution in [0.4, 0.5) is 5.82 Å². The number of nitrogens with one attached hydrogen (secondary N) is 2. The van der Waals surface area contributed by atoms with E-state index in [9.17, 15) is 0 Å². The van der Waals surface area contributed by atoms with Crippen molar-refractivity contribution in [2.75, 3.05) is 11.9 Å². The lowest BCUT2D eigenvalue weighted by molar-refractivity contribution is 1.07. The number of aromatic amines is 1. The minimum atomic E-state index is 0.897. The first-order chi connectivity index (χ1) is 6.40. The van der Waals surface area contributed by atoms with E-state index in [-0.39, 0.29) is 0 Å². The zero-order valence-corrected chi connectivity index (χ0v) is 8.19. The molecule has 2 aromatic heterocycles. The third-order valence-corrected chi connectivity index (χ3v) is 2.45. The Morgan fingerprint density at radius 2 is 2.54 bits per heavy atom. The Morgan fingerprint density at radius 3 is 3.23 bits per heavy atom. The molecular weight excluding hydrogens is 182 g/mol. The summed E-state index contributed by atoms with van der Waals surface area (Å²) in [6.45, 7) is 2.95. The fraction of sp³-hybridized carbons (Fsp3) is 0.222. The summed E-state index contributed by atoms with van der Waals surface area (Å²) < 4.78 is 0. The summed E-state index contributed by atoms with van der Waals surface area (Å²) >= 11 is 1.69. The minimum Gasteiger partial charge on any atom is -0.369 e. The molecule has 0 aliphatic rings. The molecule has 0 atom stereocenters. The van der Waals surface area contributed by atoms with Crippen LogP contribution in [0.15, 0.2) is 22.9 Å². The number of aromatic nitrogens is 2. The van der Waals surface area contributed by atoms with Crippen molar-refractivity contribution < 1.29 is 0 Å². The lowest BCUT2D eigenvalue weighted by Crippen LogP contribution is -1.95. The van der Waals surface area contributed by atoms with Crippen molar-refractivity contribution in [3.63, 3.8) is 0 Å². The first-order valence-electron chi connectivity index (χ1n) is 4.22. The van der Waals surface area contributed by atoms with E-state index < -0.39 is 0 Å². The van der Waals surface area contributed by atoms with E-state index in [0.717, 1.165) is 18.1 Å². The Bertz CT molecular complexity index is 364. The van der Waals surface area contributed by atoms with Gasteiger partial charge in [0.2, 0.25) is 0 Å². The van der Waals surface area contributed by atoms with Gasteiger partial charge in [-0.25, -0.2) is 0 Å². The van der Waals surface area contributed by atoms with E-state index in [1.165, 1.54) is 5.56 Å². The summed E-state index contributed by atoms with van der Waals surface area (Å²) in [6.07, 6.45) is 0. The fourth-order valence-corrected chi connectivity index (χ4v) is 1.81. The summed E-state index contributed by atoms with van der Waals surface area (Å²) in [5.74, 6) is 0.906. The van der Waals surface area contributed by atoms with Gasteiger partial charge in [-0.05, 0) is 18.4 Å². The SMILES string of the molecule is CCNc1cc(-c2ccsc2)[nH]n1. The highest BCUT2D eigenvalue weighted by molar-refractivity contribution is 7.08. The molecule has 0 unspecified atom stereocenters. The van der Waals surface area contributed by atoms with Crippen LogP contribution >= 0.6 is 11.3 Å². The largest absolute Gasteiger partial charge is 0.369 e. The van der Waals surface area contributed by atoms with E-state index >= 15 is 0 Å². The maximum atomic E-state index is 4.13. The number of anilines is 1. The molecule has 0 fully saturated rings. The van der Waals surface area contributed by atoms with Gasteiger partial charge < -0.3 is 5.32 Å². The van der Waals surface area contributed by atoms with E-state index in [0.29, 0.717) is 0 Å². The lowest BCUT2D eigenvalue weighted by Gasteiger charge is -1.92. The number of nitrogens with zero attached hydrogens (tertiary/aromatic N) is 1. The summed E-state index contributed by atoms with van der Waals surface area (Å²) in [5, 5.41) is 14.4. The molecule has 0 saturated carbocycles. The maximum absolute atomic E-state index is 4.13. The topological polar surface area (TPSA) is 40.7 Å². The van der Waals surface area contributed by atoms with Crippen molar-refractivity contribution in [1.82, 2.24) is 10.2 Å². The molecule has 2 heterocycles. The number of hydrogen-bond donors (Lipinski definition) is 2. The predicted molar refractivity (Wildman–Crippen MR) is 56.1 cm³/mol. The zero-order valence-electron chi connectivity index (χ0n) is 7.37. The van der Waals surface area contributed by atoms with Crippen molar-refractivity contribution >= 4 is 17.2 Å². The highest BCUT2D eigenvalue weighted by atomic mass is 32.1. The predicted octanol–water partition coefficient (Wildman–Crippen LogP) is 2.57. The third-order valence-electron chi connectivity index (χ3n) is 1.77. The average molecular weight is 193 g/mol. The zero-order chi connectivity index (χ0) is 9.10. The van der Waals surface area contributed by atoms with Crippen LogP contribution in [0.25, 0.3) is 11.3 Å². The molecule has 4 heteroatoms. The smallest absolute Gasteiger partial charge is 0.148 e. The summed E-state index contributed by atoms with van der Waals surface area (Å²) in [6, 6.07) is 4.10. The first kappa shape index (κ1) is 8.31. The van der Waals surface area contributed by atoms with Gasteiger partial charge in [-0.2, -0.15) is 16.4 Å². The second-order valence-electron chi connectivity index (χ2n) is 2.71. The molecule has 0 saturated heterocycles. The van der Waals surface area contributed by atoms with Gasteiger partial charge in [0.15, 0.2) is 0 Å². The second-order valence-corrected chi connectivity index (χ2v) is 3.49. The van der Waals surface area contributed by atoms with Crippen LogP contribution in [0.2, 0.25) is 0 Å². The van der Waals surface area contributed by atoms with Crippen LogP contribution in [0.1, 0.15) is 6.92 Å². The van der Waals surface area contributed by atoms with Crippen molar-refractivity contribution in [3.05, 3.63) is 22.9 Å². The lowest BCUT2D eigenvalue weighted by atomic mass is 10.2. The number of thiophene rings is 1. The van der Waals surface area contributed by atoms with Gasteiger partial charge in [-0.1, -0.05) is 0 Å². The van der Waals surface area contributed by atoms with Crippen molar-refractivity contribution in [3.8, 4) is 11.3 Å². The van der Waals surface area contributed by atoms with Gasteiger partial charge in [0.25, 0.3) is 0 Å². The van der Waals surface area contributed by atoms with Crippen molar-refractivity contribution in [2.45, 2.75) is 6.92 Å². The first-order valence-corrected chi connectivity index (χ1v) is 5.16. The number of hydrogen-bond acceptors (Lipinski definition) is 3. The van der Waals surface area contributed by atoms with Gasteiger partial charge in [-0.3, -0.25) is 5.10 Å². The molecule has 0 radical (unpaired) electrons. The Hall–Kier alpha value is -1.29. The fourth-order valence-electron chi connectivity index (χ4n) is 1.16. The summed E-state index contributed by atoms with van der Waals surface area (Å²) in [7, 11) is 0. The average Bonchev–Trinajstić information content (AvgIpc) is 2.70. The van der Waals surface area contributed by atoms with E-state index in [4.69, 9.17) is 0 Å². The van der Waals surface area contributed by atoms with Gasteiger partial charge >= 0.3 is 0 Å². The molecule has 0 spiro atoms. The molecule has 2 rings (SSSR count). The van der Waals surface area contributed by atoms with E-state index in [2.05, 4.69) is 39.3 Å². The standard InChI is InChI=1S/C9H11N3S/c1-2-10-9-5-8(11-12-9)7-3-4-13-6-7/h3-6H,2H2,1H3,(H2,10,11,12). The Kier molecular flexibility index (Phi) is 2.31. The van der Waals surface area contributed by atoms with Crippen LogP contribution in [0.5, 0.6) is 0 Å². The number of H-pyrrole nitrogens is 1. The quantitative estimate of drug-likeness (QED) is 0.786. The van der Waals surface area contributed by atoms with Gasteiger partial charge in [-0.15, -0.1) is 0 Å². The molecule has 3 nitrogen and oxygen atoms in total. The summed E-state index contributed by atoms with van der Waals surface area (Å²) in [5.41, 5.74) is 2.26. The van der Waals surface area contributed by atoms with Gasteiger partial charge in [0.1, 0.15) is 5.82 Å². The molecular formula is C9H11N3S. The highest BCUT2D eigenvalue weighted by Gasteiger charge is 2.01. The second kappa shape index (κ2) is 3.62. The van der Waals surface area contributed by atoms with Crippen LogP contribution in [0.3, 0.4) is 0 Å². The van der Waals surface area contributed by atoms with E-state index in [1.54, 1.807) is 11.3 Å². The van der Waals surface area contributed by atoms with E-state index in [1.807, 2.05) is 6.07 Å². The molecule has 0 bridgehead atoms. The Balaban J connectivity index is 2.23. The van der Waals surface area contributed by atoms with Crippen LogP contribution in [0, 0.1) is 0 Å². The normalized spacial score (nSPS) is 10.2. The van der Waals surface area contributed by atoms with Gasteiger partial charge in [0.05, 0.1) is 5.69 Å². The Labute approximate surface area is 80.8 Å². The van der Waals surface area contributed by atoms with Crippen molar-refractivity contribution in [2.24, 2.45) is 0 Å². The third kappa shape index (κ3) is 1.72. The molecule has 2 N–H and O–H groups in total. The molecule has 13 heavy (non-hydrogen) atoms. The Morgan fingerprint density at radius 1 is 1.62 bits per heavy atom. The van der Waals surface area contributed by atoms with Gasteiger partial charge in [0, 0.05) is 23.6 Å². The molecule has 68 valence electrons. The van der Waals surface area contributed by atoms with Crippen molar-refractivity contribution in [1.29, 1.82) is 0 Å². The highest BCUT2D eigenvalue weighted by Crippen LogP contribution is 2.21. The van der Waals surface area contributed by atoms with Crippen LogP contribution in [-0.4, -0.2) is 16.7 Å². The van der Waals surface area contributed by atoms with Crippen LogP contribution < -0.4 is 5.32 Å². The molecule has 0 aliphatic carbocycles. The van der Waals surface area contributed by atoms with Crippen LogP contribution in [-0.2, 0) is 0 Å². The molecule has 0 aliphatic heterocycles. The number of rotatable bonds is 3.